The van der Waals surface area contributed by atoms with Crippen molar-refractivity contribution in [1.82, 2.24) is 9.97 Å². The molecule has 6 heteroatoms. The van der Waals surface area contributed by atoms with Crippen LogP contribution in [0.25, 0.3) is 21.9 Å². The molecule has 0 atom stereocenters. The summed E-state index contributed by atoms with van der Waals surface area (Å²) in [4.78, 5) is 8.27. The fourth-order valence-electron chi connectivity index (χ4n) is 8.49. The molecule has 0 saturated carbocycles. The quantitative estimate of drug-likeness (QED) is 0.129. The molecule has 0 aliphatic heterocycles. The summed E-state index contributed by atoms with van der Waals surface area (Å²) in [5.41, 5.74) is 15.5. The van der Waals surface area contributed by atoms with Crippen molar-refractivity contribution in [2.24, 2.45) is 0 Å². The summed E-state index contributed by atoms with van der Waals surface area (Å²) in [6.45, 7) is 28.0. The molecule has 0 unspecified atom stereocenters. The maximum absolute atomic E-state index is 6.71. The molecule has 52 heavy (non-hydrogen) atoms. The second-order valence-corrected chi connectivity index (χ2v) is 26.9. The third kappa shape index (κ3) is 7.43. The van der Waals surface area contributed by atoms with Crippen LogP contribution in [0.1, 0.15) is 117 Å². The second-order valence-electron chi connectivity index (χ2n) is 15.7. The van der Waals surface area contributed by atoms with Gasteiger partial charge in [0.05, 0.1) is 11.1 Å². The highest BCUT2D eigenvalue weighted by Crippen LogP contribution is 2.43. The molecule has 0 spiro atoms. The average molecular weight is 721 g/mol. The molecule has 0 bridgehead atoms. The Balaban J connectivity index is 1.91. The molecule has 4 nitrogen and oxygen atoms in total. The third-order valence-corrected chi connectivity index (χ3v) is 23.6. The van der Waals surface area contributed by atoms with Crippen molar-refractivity contribution in [1.29, 1.82) is 0 Å². The van der Waals surface area contributed by atoms with E-state index >= 15 is 0 Å². The van der Waals surface area contributed by atoms with Crippen molar-refractivity contribution < 1.29 is 8.83 Å². The Morgan fingerprint density at radius 1 is 0.442 bits per heavy atom. The van der Waals surface area contributed by atoms with E-state index in [1.165, 1.54) is 0 Å². The first-order valence-corrected chi connectivity index (χ1v) is 23.1. The molecule has 0 saturated heterocycles. The highest BCUT2D eigenvalue weighted by molar-refractivity contribution is 6.91. The summed E-state index contributed by atoms with van der Waals surface area (Å²) in [6, 6.07) is 11.6. The van der Waals surface area contributed by atoms with E-state index in [0.29, 0.717) is 55.9 Å². The lowest BCUT2D eigenvalue weighted by Crippen LogP contribution is -2.43. The van der Waals surface area contributed by atoms with Gasteiger partial charge in [0.15, 0.2) is 22.7 Å². The van der Waals surface area contributed by atoms with Crippen molar-refractivity contribution in [3.8, 4) is 46.6 Å². The van der Waals surface area contributed by atoms with Crippen LogP contribution in [-0.2, 0) is 0 Å². The lowest BCUT2D eigenvalue weighted by atomic mass is 10.0. The monoisotopic (exact) mass is 720 g/mol. The van der Waals surface area contributed by atoms with E-state index in [9.17, 15) is 0 Å². The van der Waals surface area contributed by atoms with Gasteiger partial charge in [-0.15, -0.1) is 11.1 Å². The Labute approximate surface area is 313 Å². The third-order valence-electron chi connectivity index (χ3n) is 11.0. The van der Waals surface area contributed by atoms with Gasteiger partial charge in [-0.3, -0.25) is 9.97 Å². The Morgan fingerprint density at radius 3 is 1.04 bits per heavy atom. The Hall–Kier alpha value is -4.73. The SMILES string of the molecule is CC(C)[Si](C#Cc1c2cc(C#Cc3ccncc3)oc2c(C#C[Si](C(C)C)(C(C)C)C(C)C)c2cc(C#Cc3ccncc3)oc12)(C(C)C)C(C)C. The average Bonchev–Trinajstić information content (AvgIpc) is 3.72. The smallest absolute Gasteiger partial charge is 0.178 e. The van der Waals surface area contributed by atoms with E-state index in [1.54, 1.807) is 24.8 Å². The van der Waals surface area contributed by atoms with E-state index in [0.717, 1.165) is 33.0 Å². The number of aromatic nitrogens is 2. The lowest BCUT2D eigenvalue weighted by molar-refractivity contribution is 0.597. The first-order chi connectivity index (χ1) is 24.7. The van der Waals surface area contributed by atoms with Crippen LogP contribution in [0.3, 0.4) is 0 Å². The first-order valence-electron chi connectivity index (χ1n) is 18.7. The highest BCUT2D eigenvalue weighted by atomic mass is 28.3. The van der Waals surface area contributed by atoms with Gasteiger partial charge >= 0.3 is 0 Å². The van der Waals surface area contributed by atoms with E-state index in [1.807, 2.05) is 36.4 Å². The van der Waals surface area contributed by atoms with Crippen LogP contribution in [0.15, 0.2) is 70.0 Å². The molecule has 0 radical (unpaired) electrons. The van der Waals surface area contributed by atoms with Crippen molar-refractivity contribution >= 4 is 38.1 Å². The number of pyridine rings is 2. The predicted octanol–water partition coefficient (Wildman–Crippen LogP) is 11.9. The normalized spacial score (nSPS) is 11.9. The molecule has 4 aromatic heterocycles. The van der Waals surface area contributed by atoms with Crippen molar-refractivity contribution in [2.75, 3.05) is 0 Å². The van der Waals surface area contributed by atoms with Crippen LogP contribution in [0.4, 0.5) is 0 Å². The zero-order chi connectivity index (χ0) is 37.8. The largest absolute Gasteiger partial charge is 0.446 e. The van der Waals surface area contributed by atoms with Gasteiger partial charge in [0.25, 0.3) is 0 Å². The molecule has 4 heterocycles. The summed E-state index contributed by atoms with van der Waals surface area (Å²) in [7, 11) is -4.21. The zero-order valence-electron chi connectivity index (χ0n) is 32.9. The molecule has 266 valence electrons. The minimum Gasteiger partial charge on any atom is -0.446 e. The maximum atomic E-state index is 6.71. The fraction of sp³-hybridized carbons (Fsp3) is 0.391. The fourth-order valence-corrected chi connectivity index (χ4v) is 18.9. The Morgan fingerprint density at radius 2 is 0.750 bits per heavy atom. The summed E-state index contributed by atoms with van der Waals surface area (Å²) < 4.78 is 13.4. The summed E-state index contributed by atoms with van der Waals surface area (Å²) >= 11 is 0. The summed E-state index contributed by atoms with van der Waals surface area (Å²) in [6.07, 6.45) is 6.98. The molecular weight excluding hydrogens is 669 g/mol. The van der Waals surface area contributed by atoms with Crippen LogP contribution in [0.5, 0.6) is 0 Å². The van der Waals surface area contributed by atoms with Gasteiger partial charge in [0, 0.05) is 58.8 Å². The standard InChI is InChI=1S/C46H52N2O2Si2/c1-31(2)51(32(3)4,33(5)6)27-21-41-43-29-39(15-13-37-17-23-47-24-18-37)50-46(43)42(22-28-52(34(7)8,35(9)10)36(11)12)44-30-40(49-45(41)44)16-14-38-19-25-48-26-20-38/h17-20,23-26,29-36H,1-12H3. The van der Waals surface area contributed by atoms with Gasteiger partial charge in [-0.25, -0.2) is 0 Å². The minimum atomic E-state index is -2.11. The van der Waals surface area contributed by atoms with Gasteiger partial charge in [-0.05, 0) is 69.4 Å². The van der Waals surface area contributed by atoms with Gasteiger partial charge < -0.3 is 8.83 Å². The van der Waals surface area contributed by atoms with Crippen LogP contribution >= 0.6 is 0 Å². The maximum Gasteiger partial charge on any atom is 0.178 e. The predicted molar refractivity (Wildman–Crippen MR) is 222 cm³/mol. The molecule has 0 fully saturated rings. The van der Waals surface area contributed by atoms with Crippen LogP contribution in [0.2, 0.25) is 33.2 Å². The number of hydrogen-bond acceptors (Lipinski definition) is 4. The Kier molecular flexibility index (Phi) is 11.8. The molecule has 0 N–H and O–H groups in total. The van der Waals surface area contributed by atoms with Crippen LogP contribution in [-0.4, -0.2) is 26.1 Å². The van der Waals surface area contributed by atoms with Gasteiger partial charge in [0.1, 0.15) is 16.1 Å². The Bertz CT molecular complexity index is 2040. The molecule has 5 rings (SSSR count). The van der Waals surface area contributed by atoms with Crippen LogP contribution in [0, 0.1) is 46.6 Å². The number of nitrogens with zero attached hydrogens (tertiary/aromatic N) is 2. The second kappa shape index (κ2) is 15.9. The van der Waals surface area contributed by atoms with E-state index in [-0.39, 0.29) is 0 Å². The van der Waals surface area contributed by atoms with E-state index in [2.05, 4.69) is 140 Å². The highest BCUT2D eigenvalue weighted by Gasteiger charge is 2.43. The molecular formula is C46H52N2O2Si2. The number of fused-ring (bicyclic) bond motifs is 2. The minimum absolute atomic E-state index is 0.474. The number of rotatable bonds is 6. The van der Waals surface area contributed by atoms with Crippen molar-refractivity contribution in [2.45, 2.75) is 116 Å². The van der Waals surface area contributed by atoms with E-state index in [4.69, 9.17) is 8.83 Å². The summed E-state index contributed by atoms with van der Waals surface area (Å²) in [5.74, 6) is 21.7. The zero-order valence-corrected chi connectivity index (χ0v) is 34.9. The van der Waals surface area contributed by atoms with E-state index < -0.39 is 16.1 Å². The molecule has 1 aromatic carbocycles. The van der Waals surface area contributed by atoms with Crippen LogP contribution < -0.4 is 0 Å². The van der Waals surface area contributed by atoms with Gasteiger partial charge in [0.2, 0.25) is 0 Å². The molecule has 0 amide bonds. The lowest BCUT2D eigenvalue weighted by Gasteiger charge is -2.38. The van der Waals surface area contributed by atoms with Crippen molar-refractivity contribution in [3.05, 3.63) is 95.0 Å². The summed E-state index contributed by atoms with van der Waals surface area (Å²) in [5, 5.41) is 1.74. The molecule has 5 aromatic rings. The molecule has 0 aliphatic rings. The first kappa shape index (κ1) is 38.5. The number of hydrogen-bond donors (Lipinski definition) is 0. The topological polar surface area (TPSA) is 52.1 Å². The number of furan rings is 2. The van der Waals surface area contributed by atoms with Gasteiger partial charge in [-0.1, -0.05) is 107 Å². The van der Waals surface area contributed by atoms with Crippen molar-refractivity contribution in [3.63, 3.8) is 0 Å². The molecule has 0 aliphatic carbocycles. The van der Waals surface area contributed by atoms with Gasteiger partial charge in [-0.2, -0.15) is 0 Å². The number of benzene rings is 1.